The summed E-state index contributed by atoms with van der Waals surface area (Å²) < 4.78 is 19.0. The fourth-order valence-corrected chi connectivity index (χ4v) is 3.40. The summed E-state index contributed by atoms with van der Waals surface area (Å²) in [6, 6.07) is 13.3. The standard InChI is InChI=1S/C26H35FN2O3/c1-4-6-17-28-26(31)24(5-2)29(19-21-11-13-22(27)14-12-21)25(30)8-7-18-32-23-15-9-20(3)10-16-23/h9-16,24H,4-8,17-19H2,1-3H3,(H,28,31). The molecule has 0 radical (unpaired) electrons. The Hall–Kier alpha value is -2.89. The molecule has 0 aromatic heterocycles. The number of benzene rings is 2. The Morgan fingerprint density at radius 1 is 1.03 bits per heavy atom. The number of hydrogen-bond acceptors (Lipinski definition) is 3. The Morgan fingerprint density at radius 3 is 2.34 bits per heavy atom. The minimum atomic E-state index is -0.567. The lowest BCUT2D eigenvalue weighted by Gasteiger charge is -2.30. The first-order valence-corrected chi connectivity index (χ1v) is 11.5. The lowest BCUT2D eigenvalue weighted by Crippen LogP contribution is -2.49. The van der Waals surface area contributed by atoms with E-state index in [1.54, 1.807) is 17.0 Å². The van der Waals surface area contributed by atoms with E-state index in [-0.39, 0.29) is 30.6 Å². The Kier molecular flexibility index (Phi) is 10.7. The quantitative estimate of drug-likeness (QED) is 0.443. The number of amides is 2. The Labute approximate surface area is 191 Å². The van der Waals surface area contributed by atoms with Crippen LogP contribution in [0.25, 0.3) is 0 Å². The lowest BCUT2D eigenvalue weighted by molar-refractivity contribution is -0.141. The maximum Gasteiger partial charge on any atom is 0.242 e. The summed E-state index contributed by atoms with van der Waals surface area (Å²) in [5.41, 5.74) is 1.95. The molecule has 1 atom stereocenters. The van der Waals surface area contributed by atoms with E-state index in [1.807, 2.05) is 38.1 Å². The Bertz CT molecular complexity index is 837. The number of ether oxygens (including phenoxy) is 1. The molecule has 32 heavy (non-hydrogen) atoms. The van der Waals surface area contributed by atoms with Crippen molar-refractivity contribution < 1.29 is 18.7 Å². The van der Waals surface area contributed by atoms with Gasteiger partial charge >= 0.3 is 0 Å². The van der Waals surface area contributed by atoms with Gasteiger partial charge in [0.1, 0.15) is 17.6 Å². The molecule has 1 N–H and O–H groups in total. The van der Waals surface area contributed by atoms with E-state index < -0.39 is 6.04 Å². The van der Waals surface area contributed by atoms with E-state index >= 15 is 0 Å². The topological polar surface area (TPSA) is 58.6 Å². The molecule has 6 heteroatoms. The highest BCUT2D eigenvalue weighted by Gasteiger charge is 2.28. The molecule has 5 nitrogen and oxygen atoms in total. The number of nitrogens with one attached hydrogen (secondary N) is 1. The molecule has 2 rings (SSSR count). The van der Waals surface area contributed by atoms with Crippen molar-refractivity contribution in [2.75, 3.05) is 13.2 Å². The molecular formula is C26H35FN2O3. The molecule has 2 aromatic carbocycles. The Balaban J connectivity index is 2.02. The van der Waals surface area contributed by atoms with Crippen LogP contribution in [0.15, 0.2) is 48.5 Å². The number of aryl methyl sites for hydroxylation is 1. The van der Waals surface area contributed by atoms with Crippen LogP contribution in [0.5, 0.6) is 5.75 Å². The maximum atomic E-state index is 13.3. The summed E-state index contributed by atoms with van der Waals surface area (Å²) in [7, 11) is 0. The minimum Gasteiger partial charge on any atom is -0.494 e. The molecule has 0 saturated heterocycles. The van der Waals surface area contributed by atoms with E-state index in [0.717, 1.165) is 29.7 Å². The van der Waals surface area contributed by atoms with Crippen LogP contribution in [0.2, 0.25) is 0 Å². The number of carbonyl (C=O) groups is 2. The van der Waals surface area contributed by atoms with Gasteiger partial charge in [0.25, 0.3) is 0 Å². The lowest BCUT2D eigenvalue weighted by atomic mass is 10.1. The first-order valence-electron chi connectivity index (χ1n) is 11.5. The fraction of sp³-hybridized carbons (Fsp3) is 0.462. The number of unbranched alkanes of at least 4 members (excludes halogenated alkanes) is 1. The van der Waals surface area contributed by atoms with E-state index in [9.17, 15) is 14.0 Å². The van der Waals surface area contributed by atoms with Crippen molar-refractivity contribution in [3.05, 3.63) is 65.5 Å². The van der Waals surface area contributed by atoms with Gasteiger partial charge in [0.15, 0.2) is 0 Å². The highest BCUT2D eigenvalue weighted by Crippen LogP contribution is 2.16. The van der Waals surface area contributed by atoms with Crippen molar-refractivity contribution in [3.63, 3.8) is 0 Å². The van der Waals surface area contributed by atoms with Gasteiger partial charge in [-0.1, -0.05) is 50.1 Å². The highest BCUT2D eigenvalue weighted by molar-refractivity contribution is 5.87. The molecular weight excluding hydrogens is 407 g/mol. The molecule has 2 amide bonds. The maximum absolute atomic E-state index is 13.3. The van der Waals surface area contributed by atoms with Crippen molar-refractivity contribution in [1.29, 1.82) is 0 Å². The SMILES string of the molecule is CCCCNC(=O)C(CC)N(Cc1ccc(F)cc1)C(=O)CCCOc1ccc(C)cc1. The van der Waals surface area contributed by atoms with Crippen LogP contribution in [0.4, 0.5) is 4.39 Å². The van der Waals surface area contributed by atoms with Crippen LogP contribution < -0.4 is 10.1 Å². The van der Waals surface area contributed by atoms with Gasteiger partial charge < -0.3 is 15.0 Å². The average Bonchev–Trinajstić information content (AvgIpc) is 2.79. The van der Waals surface area contributed by atoms with E-state index in [0.29, 0.717) is 26.0 Å². The molecule has 1 unspecified atom stereocenters. The normalized spacial score (nSPS) is 11.6. The van der Waals surface area contributed by atoms with Crippen molar-refractivity contribution in [1.82, 2.24) is 10.2 Å². The zero-order valence-corrected chi connectivity index (χ0v) is 19.4. The zero-order chi connectivity index (χ0) is 23.3. The average molecular weight is 443 g/mol. The van der Waals surface area contributed by atoms with E-state index in [1.165, 1.54) is 12.1 Å². The zero-order valence-electron chi connectivity index (χ0n) is 19.4. The highest BCUT2D eigenvalue weighted by atomic mass is 19.1. The first-order chi connectivity index (χ1) is 15.4. The number of nitrogens with zero attached hydrogens (tertiary/aromatic N) is 1. The van der Waals surface area contributed by atoms with Gasteiger partial charge in [-0.15, -0.1) is 0 Å². The van der Waals surface area contributed by atoms with Crippen LogP contribution in [-0.2, 0) is 16.1 Å². The van der Waals surface area contributed by atoms with E-state index in [2.05, 4.69) is 12.2 Å². The second-order valence-electron chi connectivity index (χ2n) is 7.98. The number of halogens is 1. The van der Waals surface area contributed by atoms with Crippen molar-refractivity contribution >= 4 is 11.8 Å². The smallest absolute Gasteiger partial charge is 0.242 e. The largest absolute Gasteiger partial charge is 0.494 e. The minimum absolute atomic E-state index is 0.112. The van der Waals surface area contributed by atoms with Gasteiger partial charge in [-0.2, -0.15) is 0 Å². The van der Waals surface area contributed by atoms with Gasteiger partial charge in [0, 0.05) is 19.5 Å². The molecule has 0 fully saturated rings. The van der Waals surface area contributed by atoms with Crippen LogP contribution in [0.3, 0.4) is 0 Å². The molecule has 174 valence electrons. The molecule has 0 aliphatic rings. The van der Waals surface area contributed by atoms with Gasteiger partial charge in [-0.25, -0.2) is 4.39 Å². The van der Waals surface area contributed by atoms with Gasteiger partial charge in [0.2, 0.25) is 11.8 Å². The van der Waals surface area contributed by atoms with Crippen LogP contribution in [0.1, 0.15) is 57.1 Å². The molecule has 2 aromatic rings. The van der Waals surface area contributed by atoms with Gasteiger partial charge in [-0.3, -0.25) is 9.59 Å². The summed E-state index contributed by atoms with van der Waals surface area (Å²) in [4.78, 5) is 27.5. The molecule has 0 spiro atoms. The number of carbonyl (C=O) groups excluding carboxylic acids is 2. The molecule has 0 saturated carbocycles. The van der Waals surface area contributed by atoms with Crippen LogP contribution >= 0.6 is 0 Å². The predicted molar refractivity (Wildman–Crippen MR) is 125 cm³/mol. The molecule has 0 aliphatic carbocycles. The number of hydrogen-bond donors (Lipinski definition) is 1. The monoisotopic (exact) mass is 442 g/mol. The van der Waals surface area contributed by atoms with Crippen molar-refractivity contribution in [2.24, 2.45) is 0 Å². The summed E-state index contributed by atoms with van der Waals surface area (Å²) in [5, 5.41) is 2.94. The van der Waals surface area contributed by atoms with Crippen molar-refractivity contribution in [2.45, 2.75) is 65.5 Å². The van der Waals surface area contributed by atoms with E-state index in [4.69, 9.17) is 4.74 Å². The third kappa shape index (κ3) is 8.33. The molecule has 0 heterocycles. The molecule has 0 aliphatic heterocycles. The third-order valence-electron chi connectivity index (χ3n) is 5.31. The number of rotatable bonds is 13. The Morgan fingerprint density at radius 2 is 1.72 bits per heavy atom. The predicted octanol–water partition coefficient (Wildman–Crippen LogP) is 5.02. The van der Waals surface area contributed by atoms with Crippen molar-refractivity contribution in [3.8, 4) is 5.75 Å². The summed E-state index contributed by atoms with van der Waals surface area (Å²) in [5.74, 6) is 0.184. The summed E-state index contributed by atoms with van der Waals surface area (Å²) in [6.45, 7) is 7.24. The van der Waals surface area contributed by atoms with Crippen LogP contribution in [0, 0.1) is 12.7 Å². The fourth-order valence-electron chi connectivity index (χ4n) is 3.40. The molecule has 0 bridgehead atoms. The van der Waals surface area contributed by atoms with Gasteiger partial charge in [0.05, 0.1) is 6.61 Å². The summed E-state index contributed by atoms with van der Waals surface area (Å²) in [6.07, 6.45) is 3.19. The third-order valence-corrected chi connectivity index (χ3v) is 5.31. The second-order valence-corrected chi connectivity index (χ2v) is 7.98. The summed E-state index contributed by atoms with van der Waals surface area (Å²) >= 11 is 0. The first kappa shape index (κ1) is 25.4. The second kappa shape index (κ2) is 13.5. The van der Waals surface area contributed by atoms with Crippen LogP contribution in [-0.4, -0.2) is 35.9 Å². The van der Waals surface area contributed by atoms with Gasteiger partial charge in [-0.05, 0) is 56.0 Å².